The number of hydrogen-bond donors (Lipinski definition) is 2. The molecule has 3 saturated carbocycles. The van der Waals surface area contributed by atoms with Crippen LogP contribution in [-0.2, 0) is 9.59 Å². The van der Waals surface area contributed by atoms with Gasteiger partial charge in [-0.1, -0.05) is 19.3 Å². The van der Waals surface area contributed by atoms with Gasteiger partial charge in [-0.2, -0.15) is 0 Å². The maximum absolute atomic E-state index is 12.1. The second-order valence-electron chi connectivity index (χ2n) is 7.21. The zero-order valence-corrected chi connectivity index (χ0v) is 12.1. The molecule has 3 aliphatic rings. The predicted octanol–water partition coefficient (Wildman–Crippen LogP) is 2.57. The van der Waals surface area contributed by atoms with Crippen molar-refractivity contribution in [2.45, 2.75) is 57.8 Å². The van der Waals surface area contributed by atoms with E-state index in [1.165, 1.54) is 25.7 Å². The van der Waals surface area contributed by atoms with Crippen molar-refractivity contribution in [3.05, 3.63) is 0 Å². The normalized spacial score (nSPS) is 34.3. The summed E-state index contributed by atoms with van der Waals surface area (Å²) in [6.07, 6.45) is 8.66. The van der Waals surface area contributed by atoms with Gasteiger partial charge in [0.1, 0.15) is 0 Å². The van der Waals surface area contributed by atoms with E-state index in [-0.39, 0.29) is 12.3 Å². The van der Waals surface area contributed by atoms with Crippen LogP contribution in [-0.4, -0.2) is 23.5 Å². The van der Waals surface area contributed by atoms with Gasteiger partial charge >= 0.3 is 5.97 Å². The Balaban J connectivity index is 1.48. The van der Waals surface area contributed by atoms with Crippen LogP contribution < -0.4 is 5.32 Å². The third kappa shape index (κ3) is 2.57. The molecule has 0 aromatic rings. The Kier molecular flexibility index (Phi) is 3.74. The van der Waals surface area contributed by atoms with E-state index in [4.69, 9.17) is 0 Å². The SMILES string of the molecule is O=C(CC1(C(=O)O)CCCC1)NCC1CC2CCC1C2. The van der Waals surface area contributed by atoms with Crippen LogP contribution in [0.2, 0.25) is 0 Å². The third-order valence-electron chi connectivity index (χ3n) is 5.96. The summed E-state index contributed by atoms with van der Waals surface area (Å²) < 4.78 is 0. The molecule has 0 aromatic heterocycles. The molecule has 0 aliphatic heterocycles. The zero-order chi connectivity index (χ0) is 14.2. The Labute approximate surface area is 120 Å². The lowest BCUT2D eigenvalue weighted by atomic mass is 9.82. The number of carboxylic acid groups (broad SMARTS) is 1. The lowest BCUT2D eigenvalue weighted by molar-refractivity contribution is -0.151. The predicted molar refractivity (Wildman–Crippen MR) is 75.1 cm³/mol. The topological polar surface area (TPSA) is 66.4 Å². The molecule has 3 fully saturated rings. The fraction of sp³-hybridized carbons (Fsp3) is 0.875. The highest BCUT2D eigenvalue weighted by Crippen LogP contribution is 2.48. The van der Waals surface area contributed by atoms with Crippen molar-refractivity contribution >= 4 is 11.9 Å². The van der Waals surface area contributed by atoms with Crippen LogP contribution in [0.4, 0.5) is 0 Å². The lowest BCUT2D eigenvalue weighted by Gasteiger charge is -2.25. The van der Waals surface area contributed by atoms with Gasteiger partial charge < -0.3 is 10.4 Å². The van der Waals surface area contributed by atoms with E-state index in [0.717, 1.165) is 31.2 Å². The summed E-state index contributed by atoms with van der Waals surface area (Å²) in [5.41, 5.74) is -0.779. The Hall–Kier alpha value is -1.06. The Bertz CT molecular complexity index is 401. The second kappa shape index (κ2) is 5.38. The number of aliphatic carboxylic acids is 1. The van der Waals surface area contributed by atoms with Crippen molar-refractivity contribution in [3.8, 4) is 0 Å². The molecule has 3 unspecified atom stereocenters. The quantitative estimate of drug-likeness (QED) is 0.813. The molecule has 0 aromatic carbocycles. The molecular weight excluding hydrogens is 254 g/mol. The number of rotatable bonds is 5. The number of amides is 1. The minimum Gasteiger partial charge on any atom is -0.481 e. The average Bonchev–Trinajstić information content (AvgIpc) is 3.12. The first kappa shape index (κ1) is 13.9. The molecule has 0 spiro atoms. The monoisotopic (exact) mass is 279 g/mol. The molecule has 4 nitrogen and oxygen atoms in total. The maximum atomic E-state index is 12.1. The number of carbonyl (C=O) groups excluding carboxylic acids is 1. The molecule has 2 bridgehead atoms. The Morgan fingerprint density at radius 3 is 2.45 bits per heavy atom. The van der Waals surface area contributed by atoms with E-state index in [2.05, 4.69) is 5.32 Å². The van der Waals surface area contributed by atoms with Gasteiger partial charge in [0, 0.05) is 13.0 Å². The number of fused-ring (bicyclic) bond motifs is 2. The highest BCUT2D eigenvalue weighted by atomic mass is 16.4. The van der Waals surface area contributed by atoms with Gasteiger partial charge in [-0.15, -0.1) is 0 Å². The first-order valence-corrected chi connectivity index (χ1v) is 8.09. The molecular formula is C16H25NO3. The molecule has 3 atom stereocenters. The average molecular weight is 279 g/mol. The summed E-state index contributed by atoms with van der Waals surface area (Å²) in [7, 11) is 0. The van der Waals surface area contributed by atoms with Gasteiger partial charge in [-0.05, 0) is 49.9 Å². The Morgan fingerprint density at radius 1 is 1.15 bits per heavy atom. The summed E-state index contributed by atoms with van der Waals surface area (Å²) in [6.45, 7) is 0.760. The lowest BCUT2D eigenvalue weighted by Crippen LogP contribution is -2.38. The van der Waals surface area contributed by atoms with Crippen molar-refractivity contribution in [3.63, 3.8) is 0 Å². The van der Waals surface area contributed by atoms with Crippen LogP contribution in [0, 0.1) is 23.2 Å². The summed E-state index contributed by atoms with van der Waals surface area (Å²) in [5.74, 6) is 1.49. The van der Waals surface area contributed by atoms with Gasteiger partial charge in [-0.25, -0.2) is 0 Å². The standard InChI is InChI=1S/C16H25NO3/c18-14(9-16(15(19)20)5-1-2-6-16)17-10-13-8-11-3-4-12(13)7-11/h11-13H,1-10H2,(H,17,18)(H,19,20). The van der Waals surface area contributed by atoms with E-state index in [1.54, 1.807) is 0 Å². The van der Waals surface area contributed by atoms with Crippen molar-refractivity contribution in [1.82, 2.24) is 5.32 Å². The zero-order valence-electron chi connectivity index (χ0n) is 12.1. The summed E-state index contributed by atoms with van der Waals surface area (Å²) in [6, 6.07) is 0. The number of carbonyl (C=O) groups is 2. The van der Waals surface area contributed by atoms with Crippen LogP contribution in [0.1, 0.15) is 57.8 Å². The van der Waals surface area contributed by atoms with Crippen molar-refractivity contribution in [2.75, 3.05) is 6.54 Å². The van der Waals surface area contributed by atoms with Crippen LogP contribution in [0.15, 0.2) is 0 Å². The minimum atomic E-state index is -0.787. The number of hydrogen-bond acceptors (Lipinski definition) is 2. The van der Waals surface area contributed by atoms with Gasteiger partial charge in [0.05, 0.1) is 5.41 Å². The first-order chi connectivity index (χ1) is 9.59. The fourth-order valence-electron chi connectivity index (χ4n) is 4.76. The van der Waals surface area contributed by atoms with Gasteiger partial charge in [-0.3, -0.25) is 9.59 Å². The van der Waals surface area contributed by atoms with Gasteiger partial charge in [0.25, 0.3) is 0 Å². The van der Waals surface area contributed by atoms with E-state index in [1.807, 2.05) is 0 Å². The molecule has 1 amide bonds. The van der Waals surface area contributed by atoms with Crippen molar-refractivity contribution in [1.29, 1.82) is 0 Å². The summed E-state index contributed by atoms with van der Waals surface area (Å²) in [4.78, 5) is 23.5. The molecule has 4 heteroatoms. The molecule has 20 heavy (non-hydrogen) atoms. The van der Waals surface area contributed by atoms with Crippen LogP contribution in [0.3, 0.4) is 0 Å². The second-order valence-corrected chi connectivity index (χ2v) is 7.21. The smallest absolute Gasteiger partial charge is 0.310 e. The van der Waals surface area contributed by atoms with Crippen molar-refractivity contribution in [2.24, 2.45) is 23.2 Å². The highest BCUT2D eigenvalue weighted by molar-refractivity contribution is 5.85. The molecule has 3 rings (SSSR count). The third-order valence-corrected chi connectivity index (χ3v) is 5.96. The van der Waals surface area contributed by atoms with E-state index < -0.39 is 11.4 Å². The number of nitrogens with one attached hydrogen (secondary N) is 1. The van der Waals surface area contributed by atoms with Gasteiger partial charge in [0.15, 0.2) is 0 Å². The van der Waals surface area contributed by atoms with Crippen LogP contribution >= 0.6 is 0 Å². The Morgan fingerprint density at radius 2 is 1.90 bits per heavy atom. The van der Waals surface area contributed by atoms with E-state index in [9.17, 15) is 14.7 Å². The first-order valence-electron chi connectivity index (χ1n) is 8.09. The van der Waals surface area contributed by atoms with Gasteiger partial charge in [0.2, 0.25) is 5.91 Å². The molecule has 0 saturated heterocycles. The molecule has 2 N–H and O–H groups in total. The summed E-state index contributed by atoms with van der Waals surface area (Å²) in [5, 5.41) is 12.4. The minimum absolute atomic E-state index is 0.0583. The summed E-state index contributed by atoms with van der Waals surface area (Å²) >= 11 is 0. The molecule has 112 valence electrons. The van der Waals surface area contributed by atoms with Crippen LogP contribution in [0.25, 0.3) is 0 Å². The van der Waals surface area contributed by atoms with Crippen LogP contribution in [0.5, 0.6) is 0 Å². The van der Waals surface area contributed by atoms with E-state index >= 15 is 0 Å². The highest BCUT2D eigenvalue weighted by Gasteiger charge is 2.43. The molecule has 0 heterocycles. The molecule has 3 aliphatic carbocycles. The van der Waals surface area contributed by atoms with E-state index in [0.29, 0.717) is 18.8 Å². The fourth-order valence-corrected chi connectivity index (χ4v) is 4.76. The molecule has 0 radical (unpaired) electrons. The number of carboxylic acids is 1. The van der Waals surface area contributed by atoms with Crippen molar-refractivity contribution < 1.29 is 14.7 Å². The maximum Gasteiger partial charge on any atom is 0.310 e. The largest absolute Gasteiger partial charge is 0.481 e.